The first-order valence-corrected chi connectivity index (χ1v) is 7.67. The van der Waals surface area contributed by atoms with Crippen LogP contribution < -0.4 is 10.5 Å². The smallest absolute Gasteiger partial charge is 0.126 e. The molecule has 0 aromatic heterocycles. The maximum atomic E-state index is 5.60. The first-order chi connectivity index (χ1) is 10.2. The highest BCUT2D eigenvalue weighted by molar-refractivity contribution is 5.70. The molecule has 0 aliphatic rings. The van der Waals surface area contributed by atoms with Crippen molar-refractivity contribution < 1.29 is 4.74 Å². The number of para-hydroxylation sites is 1. The van der Waals surface area contributed by atoms with Crippen LogP contribution in [0.3, 0.4) is 0 Å². The van der Waals surface area contributed by atoms with Crippen LogP contribution in [0.5, 0.6) is 5.75 Å². The molecule has 0 saturated carbocycles. The van der Waals surface area contributed by atoms with Gasteiger partial charge in [0.1, 0.15) is 5.75 Å². The predicted molar refractivity (Wildman–Crippen MR) is 89.6 cm³/mol. The van der Waals surface area contributed by atoms with Crippen molar-refractivity contribution in [1.29, 1.82) is 0 Å². The van der Waals surface area contributed by atoms with Gasteiger partial charge in [-0.15, -0.1) is 0 Å². The third-order valence-electron chi connectivity index (χ3n) is 3.96. The molecule has 0 saturated heterocycles. The first-order valence-electron chi connectivity index (χ1n) is 7.67. The van der Waals surface area contributed by atoms with Gasteiger partial charge in [0.15, 0.2) is 0 Å². The lowest BCUT2D eigenvalue weighted by Crippen LogP contribution is -2.06. The van der Waals surface area contributed by atoms with Gasteiger partial charge in [-0.2, -0.15) is 0 Å². The van der Waals surface area contributed by atoms with Crippen LogP contribution in [0.2, 0.25) is 0 Å². The highest BCUT2D eigenvalue weighted by Gasteiger charge is 2.05. The van der Waals surface area contributed by atoms with E-state index in [1.807, 2.05) is 18.2 Å². The maximum Gasteiger partial charge on any atom is 0.126 e. The average Bonchev–Trinajstić information content (AvgIpc) is 2.54. The molecular weight excluding hydrogens is 258 g/mol. The summed E-state index contributed by atoms with van der Waals surface area (Å²) in [6, 6.07) is 16.9. The topological polar surface area (TPSA) is 35.2 Å². The van der Waals surface area contributed by atoms with Crippen LogP contribution in [0.15, 0.2) is 48.5 Å². The molecular formula is C19H25NO. The van der Waals surface area contributed by atoms with E-state index in [9.17, 15) is 0 Å². The Kier molecular flexibility index (Phi) is 5.82. The molecule has 2 aromatic rings. The second kappa shape index (κ2) is 7.84. The lowest BCUT2D eigenvalue weighted by Gasteiger charge is -2.11. The summed E-state index contributed by atoms with van der Waals surface area (Å²) in [5.41, 5.74) is 9.33. The Morgan fingerprint density at radius 2 is 1.71 bits per heavy atom. The molecule has 0 fully saturated rings. The lowest BCUT2D eigenvalue weighted by molar-refractivity contribution is 0.416. The number of aryl methyl sites for hydroxylation is 1. The second-order valence-corrected chi connectivity index (χ2v) is 5.62. The molecule has 0 heterocycles. The number of hydrogen-bond donors (Lipinski definition) is 1. The zero-order valence-corrected chi connectivity index (χ0v) is 13.0. The quantitative estimate of drug-likeness (QED) is 0.823. The lowest BCUT2D eigenvalue weighted by atomic mass is 9.96. The van der Waals surface area contributed by atoms with E-state index in [-0.39, 0.29) is 0 Å². The Labute approximate surface area is 127 Å². The standard InChI is InChI=1S/C19H25NO/c1-15(13-14-20)7-8-16-9-11-17(12-10-16)18-5-3-4-6-19(18)21-2/h3-6,9-12,15H,7-8,13-14,20H2,1-2H3. The van der Waals surface area contributed by atoms with Crippen LogP contribution in [0.4, 0.5) is 0 Å². The number of benzene rings is 2. The molecule has 2 rings (SSSR count). The fraction of sp³-hybridized carbons (Fsp3) is 0.368. The van der Waals surface area contributed by atoms with Crippen molar-refractivity contribution in [3.05, 3.63) is 54.1 Å². The molecule has 0 spiro atoms. The average molecular weight is 283 g/mol. The number of rotatable bonds is 7. The third kappa shape index (κ3) is 4.33. The van der Waals surface area contributed by atoms with Crippen molar-refractivity contribution >= 4 is 0 Å². The van der Waals surface area contributed by atoms with E-state index in [2.05, 4.69) is 37.3 Å². The molecule has 1 atom stereocenters. The summed E-state index contributed by atoms with van der Waals surface area (Å²) in [5, 5.41) is 0. The molecule has 0 radical (unpaired) electrons. The van der Waals surface area contributed by atoms with E-state index in [0.29, 0.717) is 5.92 Å². The van der Waals surface area contributed by atoms with Gasteiger partial charge in [-0.05, 0) is 48.9 Å². The van der Waals surface area contributed by atoms with Gasteiger partial charge in [0.25, 0.3) is 0 Å². The summed E-state index contributed by atoms with van der Waals surface area (Å²) in [7, 11) is 1.71. The zero-order chi connectivity index (χ0) is 15.1. The van der Waals surface area contributed by atoms with E-state index < -0.39 is 0 Å². The molecule has 2 aromatic carbocycles. The van der Waals surface area contributed by atoms with Crippen molar-refractivity contribution in [3.63, 3.8) is 0 Å². The van der Waals surface area contributed by atoms with Gasteiger partial charge in [0, 0.05) is 5.56 Å². The maximum absolute atomic E-state index is 5.60. The number of nitrogens with two attached hydrogens (primary N) is 1. The fourth-order valence-electron chi connectivity index (χ4n) is 2.58. The van der Waals surface area contributed by atoms with Crippen molar-refractivity contribution in [1.82, 2.24) is 0 Å². The Morgan fingerprint density at radius 1 is 1.00 bits per heavy atom. The SMILES string of the molecule is COc1ccccc1-c1ccc(CCC(C)CCN)cc1. The normalized spacial score (nSPS) is 12.1. The summed E-state index contributed by atoms with van der Waals surface area (Å²) in [4.78, 5) is 0. The third-order valence-corrected chi connectivity index (χ3v) is 3.96. The van der Waals surface area contributed by atoms with Crippen LogP contribution in [-0.2, 0) is 6.42 Å². The number of methoxy groups -OCH3 is 1. The Hall–Kier alpha value is -1.80. The molecule has 0 aliphatic carbocycles. The molecule has 0 aliphatic heterocycles. The van der Waals surface area contributed by atoms with Gasteiger partial charge in [-0.1, -0.05) is 49.4 Å². The van der Waals surface area contributed by atoms with Crippen LogP contribution in [0, 0.1) is 5.92 Å². The molecule has 0 bridgehead atoms. The Balaban J connectivity index is 2.05. The minimum Gasteiger partial charge on any atom is -0.496 e. The molecule has 2 N–H and O–H groups in total. The summed E-state index contributed by atoms with van der Waals surface area (Å²) in [6.07, 6.45) is 3.43. The van der Waals surface area contributed by atoms with Crippen LogP contribution in [-0.4, -0.2) is 13.7 Å². The number of hydrogen-bond acceptors (Lipinski definition) is 2. The summed E-state index contributed by atoms with van der Waals surface area (Å²) < 4.78 is 5.42. The van der Waals surface area contributed by atoms with Crippen LogP contribution in [0.1, 0.15) is 25.3 Å². The summed E-state index contributed by atoms with van der Waals surface area (Å²) >= 11 is 0. The Bertz CT molecular complexity index is 548. The minimum absolute atomic E-state index is 0.698. The van der Waals surface area contributed by atoms with E-state index in [1.54, 1.807) is 7.11 Å². The highest BCUT2D eigenvalue weighted by atomic mass is 16.5. The van der Waals surface area contributed by atoms with Gasteiger partial charge in [-0.25, -0.2) is 0 Å². The molecule has 2 nitrogen and oxygen atoms in total. The van der Waals surface area contributed by atoms with Gasteiger partial charge in [0.2, 0.25) is 0 Å². The minimum atomic E-state index is 0.698. The Morgan fingerprint density at radius 3 is 2.38 bits per heavy atom. The first kappa shape index (κ1) is 15.6. The van der Waals surface area contributed by atoms with Gasteiger partial charge < -0.3 is 10.5 Å². The van der Waals surface area contributed by atoms with Crippen molar-refractivity contribution in [2.24, 2.45) is 11.7 Å². The monoisotopic (exact) mass is 283 g/mol. The molecule has 1 unspecified atom stereocenters. The van der Waals surface area contributed by atoms with E-state index in [4.69, 9.17) is 10.5 Å². The van der Waals surface area contributed by atoms with Gasteiger partial charge >= 0.3 is 0 Å². The second-order valence-electron chi connectivity index (χ2n) is 5.62. The van der Waals surface area contributed by atoms with Crippen molar-refractivity contribution in [2.75, 3.05) is 13.7 Å². The van der Waals surface area contributed by atoms with E-state index in [0.717, 1.165) is 30.7 Å². The predicted octanol–water partition coefficient (Wildman–Crippen LogP) is 4.28. The molecule has 0 amide bonds. The summed E-state index contributed by atoms with van der Waals surface area (Å²) in [5.74, 6) is 1.62. The fourth-order valence-corrected chi connectivity index (χ4v) is 2.58. The molecule has 112 valence electrons. The highest BCUT2D eigenvalue weighted by Crippen LogP contribution is 2.29. The molecule has 21 heavy (non-hydrogen) atoms. The van der Waals surface area contributed by atoms with Gasteiger partial charge in [-0.3, -0.25) is 0 Å². The number of ether oxygens (including phenoxy) is 1. The summed E-state index contributed by atoms with van der Waals surface area (Å²) in [6.45, 7) is 3.06. The van der Waals surface area contributed by atoms with Crippen molar-refractivity contribution in [3.8, 4) is 16.9 Å². The van der Waals surface area contributed by atoms with Crippen molar-refractivity contribution in [2.45, 2.75) is 26.2 Å². The van der Waals surface area contributed by atoms with E-state index in [1.165, 1.54) is 17.5 Å². The largest absolute Gasteiger partial charge is 0.496 e. The molecule has 2 heteroatoms. The van der Waals surface area contributed by atoms with Crippen LogP contribution >= 0.6 is 0 Å². The zero-order valence-electron chi connectivity index (χ0n) is 13.0. The van der Waals surface area contributed by atoms with Gasteiger partial charge in [0.05, 0.1) is 7.11 Å². The van der Waals surface area contributed by atoms with E-state index >= 15 is 0 Å². The van der Waals surface area contributed by atoms with Crippen LogP contribution in [0.25, 0.3) is 11.1 Å².